The molecular formula is C13H17FN2O2. The lowest BCUT2D eigenvalue weighted by Gasteiger charge is -2.03. The molecule has 0 atom stereocenters. The first-order chi connectivity index (χ1) is 8.50. The van der Waals surface area contributed by atoms with Crippen LogP contribution in [0, 0.1) is 21.8 Å². The predicted octanol–water partition coefficient (Wildman–Crippen LogP) is 2.99. The zero-order valence-corrected chi connectivity index (χ0v) is 10.5. The van der Waals surface area contributed by atoms with Crippen molar-refractivity contribution in [3.8, 4) is 0 Å². The van der Waals surface area contributed by atoms with E-state index in [-0.39, 0.29) is 0 Å². The monoisotopic (exact) mass is 252 g/mol. The van der Waals surface area contributed by atoms with E-state index in [1.165, 1.54) is 12.1 Å². The summed E-state index contributed by atoms with van der Waals surface area (Å²) in [5.74, 6) is -0.236. The maximum absolute atomic E-state index is 13.1. The second kappa shape index (κ2) is 6.86. The third-order valence-electron chi connectivity index (χ3n) is 2.29. The fourth-order valence-electron chi connectivity index (χ4n) is 1.42. The van der Waals surface area contributed by atoms with Crippen LogP contribution in [0.15, 0.2) is 24.3 Å². The summed E-state index contributed by atoms with van der Waals surface area (Å²) in [5.41, 5.74) is 0.127. The Labute approximate surface area is 106 Å². The van der Waals surface area contributed by atoms with Crippen molar-refractivity contribution in [3.63, 3.8) is 0 Å². The topological polar surface area (TPSA) is 55.2 Å². The molecule has 0 amide bonds. The fourth-order valence-corrected chi connectivity index (χ4v) is 1.42. The Morgan fingerprint density at radius 1 is 1.50 bits per heavy atom. The number of benzene rings is 1. The van der Waals surface area contributed by atoms with E-state index in [2.05, 4.69) is 19.2 Å². The summed E-state index contributed by atoms with van der Waals surface area (Å²) in [6.07, 6.45) is 3.60. The summed E-state index contributed by atoms with van der Waals surface area (Å²) in [6.45, 7) is 5.82. The number of nitrogens with zero attached hydrogens (tertiary/aromatic N) is 1. The molecule has 5 heteroatoms. The summed E-state index contributed by atoms with van der Waals surface area (Å²) in [5, 5.41) is 13.8. The summed E-state index contributed by atoms with van der Waals surface area (Å²) in [7, 11) is 0. The molecule has 0 heterocycles. The van der Waals surface area contributed by atoms with Crippen molar-refractivity contribution in [3.05, 3.63) is 45.8 Å². The van der Waals surface area contributed by atoms with E-state index in [0.29, 0.717) is 18.0 Å². The molecule has 0 saturated heterocycles. The molecule has 0 saturated carbocycles. The molecule has 0 radical (unpaired) electrons. The first kappa shape index (κ1) is 14.3. The van der Waals surface area contributed by atoms with Crippen LogP contribution in [-0.4, -0.2) is 18.0 Å². The molecule has 0 aliphatic heterocycles. The number of nitro groups is 1. The smallest absolute Gasteiger partial charge is 0.305 e. The maximum atomic E-state index is 13.1. The Bertz CT molecular complexity index is 445. The van der Waals surface area contributed by atoms with Crippen molar-refractivity contribution in [2.75, 3.05) is 13.1 Å². The molecule has 0 unspecified atom stereocenters. The van der Waals surface area contributed by atoms with Crippen LogP contribution in [0.2, 0.25) is 0 Å². The molecule has 1 aromatic rings. The van der Waals surface area contributed by atoms with Crippen molar-refractivity contribution in [1.82, 2.24) is 5.32 Å². The largest absolute Gasteiger partial charge is 0.313 e. The molecule has 0 fully saturated rings. The number of nitro benzene ring substituents is 1. The molecule has 4 nitrogen and oxygen atoms in total. The number of hydrogen-bond acceptors (Lipinski definition) is 3. The summed E-state index contributed by atoms with van der Waals surface area (Å²) in [6, 6.07) is 3.86. The molecule has 1 N–H and O–H groups in total. The third-order valence-corrected chi connectivity index (χ3v) is 2.29. The van der Waals surface area contributed by atoms with Gasteiger partial charge in [0.1, 0.15) is 0 Å². The van der Waals surface area contributed by atoms with Crippen LogP contribution in [-0.2, 0) is 0 Å². The highest BCUT2D eigenvalue weighted by Crippen LogP contribution is 2.19. The van der Waals surface area contributed by atoms with Gasteiger partial charge in [-0.05, 0) is 24.1 Å². The van der Waals surface area contributed by atoms with Gasteiger partial charge in [0.15, 0.2) is 0 Å². The average molecular weight is 252 g/mol. The second-order valence-corrected chi connectivity index (χ2v) is 4.42. The van der Waals surface area contributed by atoms with Gasteiger partial charge < -0.3 is 5.32 Å². The van der Waals surface area contributed by atoms with Gasteiger partial charge >= 0.3 is 5.69 Å². The Kier molecular flexibility index (Phi) is 5.45. The summed E-state index contributed by atoms with van der Waals surface area (Å²) >= 11 is 0. The highest BCUT2D eigenvalue weighted by Gasteiger charge is 2.12. The third kappa shape index (κ3) is 4.63. The fraction of sp³-hybridized carbons (Fsp3) is 0.385. The van der Waals surface area contributed by atoms with Gasteiger partial charge in [0.25, 0.3) is 0 Å². The van der Waals surface area contributed by atoms with E-state index in [1.807, 2.05) is 6.08 Å². The molecule has 0 spiro atoms. The number of rotatable bonds is 6. The van der Waals surface area contributed by atoms with Gasteiger partial charge in [0, 0.05) is 12.6 Å². The van der Waals surface area contributed by atoms with E-state index < -0.39 is 16.4 Å². The van der Waals surface area contributed by atoms with E-state index >= 15 is 0 Å². The van der Waals surface area contributed by atoms with Gasteiger partial charge in [-0.2, -0.15) is 4.39 Å². The second-order valence-electron chi connectivity index (χ2n) is 4.42. The van der Waals surface area contributed by atoms with E-state index in [4.69, 9.17) is 0 Å². The predicted molar refractivity (Wildman–Crippen MR) is 69.8 cm³/mol. The van der Waals surface area contributed by atoms with Crippen molar-refractivity contribution < 1.29 is 9.31 Å². The quantitative estimate of drug-likeness (QED) is 0.481. The molecule has 0 aliphatic rings. The average Bonchev–Trinajstić information content (AvgIpc) is 2.30. The van der Waals surface area contributed by atoms with Gasteiger partial charge in [-0.15, -0.1) is 0 Å². The standard InChI is InChI=1S/C13H17FN2O2/c1-10(2)9-15-7-3-4-11-5-6-12(14)13(8-11)16(17)18/h3-6,8,10,15H,7,9H2,1-2H3/b4-3+. The van der Waals surface area contributed by atoms with Gasteiger partial charge in [-0.25, -0.2) is 0 Å². The minimum atomic E-state index is -0.810. The van der Waals surface area contributed by atoms with E-state index in [9.17, 15) is 14.5 Å². The van der Waals surface area contributed by atoms with Crippen LogP contribution < -0.4 is 5.32 Å². The lowest BCUT2D eigenvalue weighted by atomic mass is 10.2. The first-order valence-electron chi connectivity index (χ1n) is 5.82. The van der Waals surface area contributed by atoms with Crippen molar-refractivity contribution in [1.29, 1.82) is 0 Å². The van der Waals surface area contributed by atoms with E-state index in [1.54, 1.807) is 6.08 Å². The molecule has 18 heavy (non-hydrogen) atoms. The van der Waals surface area contributed by atoms with Crippen LogP contribution in [0.5, 0.6) is 0 Å². The van der Waals surface area contributed by atoms with Crippen LogP contribution in [0.3, 0.4) is 0 Å². The molecule has 0 aromatic heterocycles. The molecule has 1 rings (SSSR count). The van der Waals surface area contributed by atoms with Crippen molar-refractivity contribution in [2.24, 2.45) is 5.92 Å². The van der Waals surface area contributed by atoms with Gasteiger partial charge in [-0.3, -0.25) is 10.1 Å². The minimum Gasteiger partial charge on any atom is -0.313 e. The SMILES string of the molecule is CC(C)CNC/C=C/c1ccc(F)c([N+](=O)[O-])c1. The van der Waals surface area contributed by atoms with Gasteiger partial charge in [0.2, 0.25) is 5.82 Å². The zero-order valence-electron chi connectivity index (χ0n) is 10.5. The Morgan fingerprint density at radius 3 is 2.83 bits per heavy atom. The number of hydrogen-bond donors (Lipinski definition) is 1. The number of halogens is 1. The molecule has 0 bridgehead atoms. The lowest BCUT2D eigenvalue weighted by Crippen LogP contribution is -2.19. The zero-order chi connectivity index (χ0) is 13.5. The van der Waals surface area contributed by atoms with Crippen LogP contribution in [0.1, 0.15) is 19.4 Å². The maximum Gasteiger partial charge on any atom is 0.305 e. The van der Waals surface area contributed by atoms with Crippen LogP contribution in [0.4, 0.5) is 10.1 Å². The van der Waals surface area contributed by atoms with Crippen molar-refractivity contribution in [2.45, 2.75) is 13.8 Å². The van der Waals surface area contributed by atoms with Crippen LogP contribution >= 0.6 is 0 Å². The van der Waals surface area contributed by atoms with Crippen molar-refractivity contribution >= 4 is 11.8 Å². The highest BCUT2D eigenvalue weighted by molar-refractivity contribution is 5.53. The molecule has 0 aliphatic carbocycles. The molecule has 98 valence electrons. The number of nitrogens with one attached hydrogen (secondary N) is 1. The molecule has 1 aromatic carbocycles. The Morgan fingerprint density at radius 2 is 2.22 bits per heavy atom. The molecular weight excluding hydrogens is 235 g/mol. The van der Waals surface area contributed by atoms with E-state index in [0.717, 1.165) is 12.6 Å². The lowest BCUT2D eigenvalue weighted by molar-refractivity contribution is -0.387. The van der Waals surface area contributed by atoms with Crippen LogP contribution in [0.25, 0.3) is 6.08 Å². The summed E-state index contributed by atoms with van der Waals surface area (Å²) in [4.78, 5) is 9.84. The van der Waals surface area contributed by atoms with Gasteiger partial charge in [0.05, 0.1) is 4.92 Å². The normalized spacial score (nSPS) is 11.3. The highest BCUT2D eigenvalue weighted by atomic mass is 19.1. The first-order valence-corrected chi connectivity index (χ1v) is 5.82. The van der Waals surface area contributed by atoms with Gasteiger partial charge in [-0.1, -0.05) is 32.1 Å². The summed E-state index contributed by atoms with van der Waals surface area (Å²) < 4.78 is 13.1. The minimum absolute atomic E-state index is 0.493. The Hall–Kier alpha value is -1.75. The Balaban J connectivity index is 2.59.